The largest absolute Gasteiger partial charge is 0.393 e. The van der Waals surface area contributed by atoms with Crippen LogP contribution in [-0.2, 0) is 14.8 Å². The van der Waals surface area contributed by atoms with Gasteiger partial charge < -0.3 is 9.88 Å². The molecule has 1 aromatic heterocycles. The molecule has 2 heterocycles. The van der Waals surface area contributed by atoms with Crippen LogP contribution >= 0.6 is 0 Å². The van der Waals surface area contributed by atoms with Crippen molar-refractivity contribution in [2.45, 2.75) is 62.6 Å². The molecule has 1 saturated carbocycles. The zero-order chi connectivity index (χ0) is 27.1. The standard InChI is InChI=1S/C28H32F3N3O3S/c1-18-5-2-3-7-24(18)26-15-20-10-13-23(16-25(20)32-26)38(36,37)33-22-11-8-19(9-12-22)27(35)34-14-4-6-21(17-34)28(29,30)31/h2-3,5,7,10,13,15-16,19,21-22,32-33H,4,6,8-9,11-12,14,17H2,1H3/t19-,21?,22-. The zero-order valence-corrected chi connectivity index (χ0v) is 22.0. The fraction of sp³-hybridized carbons (Fsp3) is 0.464. The molecule has 1 atom stereocenters. The maximum Gasteiger partial charge on any atom is 0.393 e. The second-order valence-electron chi connectivity index (χ2n) is 10.6. The van der Waals surface area contributed by atoms with Gasteiger partial charge in [-0.25, -0.2) is 13.1 Å². The van der Waals surface area contributed by atoms with Crippen molar-refractivity contribution in [1.29, 1.82) is 0 Å². The van der Waals surface area contributed by atoms with E-state index in [0.717, 1.165) is 27.7 Å². The second kappa shape index (κ2) is 10.4. The summed E-state index contributed by atoms with van der Waals surface area (Å²) in [6.07, 6.45) is -2.04. The third-order valence-corrected chi connectivity index (χ3v) is 9.45. The van der Waals surface area contributed by atoms with E-state index < -0.39 is 22.1 Å². The topological polar surface area (TPSA) is 82.3 Å². The number of likely N-dealkylation sites (tertiary alicyclic amines) is 1. The highest BCUT2D eigenvalue weighted by molar-refractivity contribution is 7.89. The number of aromatic nitrogens is 1. The Morgan fingerprint density at radius 3 is 2.47 bits per heavy atom. The molecule has 0 spiro atoms. The molecular formula is C28H32F3N3O3S. The van der Waals surface area contributed by atoms with Crippen molar-refractivity contribution >= 4 is 26.8 Å². The van der Waals surface area contributed by atoms with Crippen molar-refractivity contribution in [3.8, 4) is 11.3 Å². The van der Waals surface area contributed by atoms with Gasteiger partial charge in [-0.3, -0.25) is 4.79 Å². The van der Waals surface area contributed by atoms with Gasteiger partial charge in [-0.1, -0.05) is 30.3 Å². The third-order valence-electron chi connectivity index (χ3n) is 7.93. The van der Waals surface area contributed by atoms with E-state index in [9.17, 15) is 26.4 Å². The van der Waals surface area contributed by atoms with Gasteiger partial charge in [-0.2, -0.15) is 13.2 Å². The van der Waals surface area contributed by atoms with Crippen LogP contribution in [0.3, 0.4) is 0 Å². The lowest BCUT2D eigenvalue weighted by Crippen LogP contribution is -2.48. The van der Waals surface area contributed by atoms with Crippen LogP contribution in [0.4, 0.5) is 13.2 Å². The molecule has 1 saturated heterocycles. The summed E-state index contributed by atoms with van der Waals surface area (Å²) >= 11 is 0. The number of carbonyl (C=O) groups is 1. The lowest BCUT2D eigenvalue weighted by molar-refractivity contribution is -0.188. The molecule has 5 rings (SSSR count). The highest BCUT2D eigenvalue weighted by Crippen LogP contribution is 2.35. The Bertz CT molecular complexity index is 1430. The number of alkyl halides is 3. The number of nitrogens with zero attached hydrogens (tertiary/aromatic N) is 1. The van der Waals surface area contributed by atoms with E-state index in [2.05, 4.69) is 9.71 Å². The number of benzene rings is 2. The quantitative estimate of drug-likeness (QED) is 0.425. The highest BCUT2D eigenvalue weighted by Gasteiger charge is 2.43. The van der Waals surface area contributed by atoms with E-state index in [1.165, 1.54) is 4.90 Å². The number of halogens is 3. The molecule has 204 valence electrons. The number of aryl methyl sites for hydroxylation is 1. The number of hydrogen-bond donors (Lipinski definition) is 2. The number of amides is 1. The molecule has 2 fully saturated rings. The lowest BCUT2D eigenvalue weighted by atomic mass is 9.85. The fourth-order valence-corrected chi connectivity index (χ4v) is 7.07. The van der Waals surface area contributed by atoms with Gasteiger partial charge in [0.2, 0.25) is 15.9 Å². The first-order chi connectivity index (χ1) is 18.0. The third kappa shape index (κ3) is 5.61. The number of rotatable bonds is 5. The summed E-state index contributed by atoms with van der Waals surface area (Å²) in [5, 5.41) is 0.909. The van der Waals surface area contributed by atoms with Gasteiger partial charge in [0.05, 0.1) is 10.8 Å². The summed E-state index contributed by atoms with van der Waals surface area (Å²) < 4.78 is 68.5. The summed E-state index contributed by atoms with van der Waals surface area (Å²) in [5.41, 5.74) is 3.80. The Balaban J connectivity index is 1.21. The SMILES string of the molecule is Cc1ccccc1-c1cc2ccc(S(=O)(=O)N[C@H]3CC[C@H](C(=O)N4CCCC(C(F)(F)F)C4)CC3)cc2[nH]1. The number of H-pyrrole nitrogens is 1. The second-order valence-corrected chi connectivity index (χ2v) is 12.3. The summed E-state index contributed by atoms with van der Waals surface area (Å²) in [6, 6.07) is 14.6. The predicted molar refractivity (Wildman–Crippen MR) is 140 cm³/mol. The minimum atomic E-state index is -4.29. The Morgan fingerprint density at radius 1 is 1.03 bits per heavy atom. The Hall–Kier alpha value is -2.85. The Labute approximate surface area is 220 Å². The Kier molecular flexibility index (Phi) is 7.30. The molecule has 0 bridgehead atoms. The summed E-state index contributed by atoms with van der Waals surface area (Å²) in [4.78, 5) is 17.7. The van der Waals surface area contributed by atoms with Gasteiger partial charge in [0.1, 0.15) is 0 Å². The minimum Gasteiger partial charge on any atom is -0.354 e. The predicted octanol–water partition coefficient (Wildman–Crippen LogP) is 5.78. The van der Waals surface area contributed by atoms with Crippen LogP contribution in [0.25, 0.3) is 22.2 Å². The maximum atomic E-state index is 13.2. The van der Waals surface area contributed by atoms with Crippen molar-refractivity contribution in [3.05, 3.63) is 54.1 Å². The van der Waals surface area contributed by atoms with Crippen molar-refractivity contribution in [1.82, 2.24) is 14.6 Å². The van der Waals surface area contributed by atoms with Crippen LogP contribution in [0.1, 0.15) is 44.1 Å². The zero-order valence-electron chi connectivity index (χ0n) is 21.2. The van der Waals surface area contributed by atoms with Gasteiger partial charge in [0.25, 0.3) is 0 Å². The number of aromatic amines is 1. The molecule has 2 N–H and O–H groups in total. The molecule has 2 aromatic carbocycles. The first-order valence-electron chi connectivity index (χ1n) is 13.1. The van der Waals surface area contributed by atoms with Gasteiger partial charge in [-0.05, 0) is 69.2 Å². The van der Waals surface area contributed by atoms with E-state index in [0.29, 0.717) is 38.6 Å². The number of nitrogens with one attached hydrogen (secondary N) is 2. The minimum absolute atomic E-state index is 0.0588. The van der Waals surface area contributed by atoms with E-state index in [1.807, 2.05) is 37.3 Å². The van der Waals surface area contributed by atoms with Crippen molar-refractivity contribution in [2.24, 2.45) is 11.8 Å². The van der Waals surface area contributed by atoms with Gasteiger partial charge >= 0.3 is 6.18 Å². The fourth-order valence-electron chi connectivity index (χ4n) is 5.74. The smallest absolute Gasteiger partial charge is 0.354 e. The molecule has 1 unspecified atom stereocenters. The molecule has 0 radical (unpaired) electrons. The molecule has 3 aromatic rings. The summed E-state index contributed by atoms with van der Waals surface area (Å²) in [5.74, 6) is -2.06. The van der Waals surface area contributed by atoms with Gasteiger partial charge in [0, 0.05) is 47.2 Å². The molecule has 2 aliphatic rings. The maximum absolute atomic E-state index is 13.2. The Morgan fingerprint density at radius 2 is 1.76 bits per heavy atom. The van der Waals surface area contributed by atoms with Crippen molar-refractivity contribution in [3.63, 3.8) is 0 Å². The molecular weight excluding hydrogens is 515 g/mol. The summed E-state index contributed by atoms with van der Waals surface area (Å²) in [7, 11) is -3.79. The molecule has 38 heavy (non-hydrogen) atoms. The highest BCUT2D eigenvalue weighted by atomic mass is 32.2. The molecule has 6 nitrogen and oxygen atoms in total. The van der Waals surface area contributed by atoms with E-state index in [4.69, 9.17) is 0 Å². The molecule has 1 aliphatic carbocycles. The van der Waals surface area contributed by atoms with E-state index in [1.54, 1.807) is 18.2 Å². The average Bonchev–Trinajstić information content (AvgIpc) is 3.32. The van der Waals surface area contributed by atoms with Crippen LogP contribution in [0, 0.1) is 18.8 Å². The number of fused-ring (bicyclic) bond motifs is 1. The molecule has 1 aliphatic heterocycles. The summed E-state index contributed by atoms with van der Waals surface area (Å²) in [6.45, 7) is 2.10. The number of piperidine rings is 1. The van der Waals surface area contributed by atoms with Crippen LogP contribution in [0.5, 0.6) is 0 Å². The molecule has 10 heteroatoms. The van der Waals surface area contributed by atoms with Crippen molar-refractivity contribution in [2.75, 3.05) is 13.1 Å². The first-order valence-corrected chi connectivity index (χ1v) is 14.6. The van der Waals surface area contributed by atoms with Crippen LogP contribution in [0.15, 0.2) is 53.4 Å². The monoisotopic (exact) mass is 547 g/mol. The lowest BCUT2D eigenvalue weighted by Gasteiger charge is -2.37. The van der Waals surface area contributed by atoms with Crippen molar-refractivity contribution < 1.29 is 26.4 Å². The average molecular weight is 548 g/mol. The van der Waals surface area contributed by atoms with Crippen LogP contribution < -0.4 is 4.72 Å². The van der Waals surface area contributed by atoms with E-state index in [-0.39, 0.29) is 35.7 Å². The number of sulfonamides is 1. The van der Waals surface area contributed by atoms with Crippen LogP contribution in [0.2, 0.25) is 0 Å². The first kappa shape index (κ1) is 26.7. The van der Waals surface area contributed by atoms with Gasteiger partial charge in [0.15, 0.2) is 0 Å². The number of carbonyl (C=O) groups excluding carboxylic acids is 1. The van der Waals surface area contributed by atoms with Gasteiger partial charge in [-0.15, -0.1) is 0 Å². The number of hydrogen-bond acceptors (Lipinski definition) is 3. The van der Waals surface area contributed by atoms with E-state index >= 15 is 0 Å². The molecule has 1 amide bonds. The normalized spacial score (nSPS) is 23.1. The van der Waals surface area contributed by atoms with Crippen LogP contribution in [-0.4, -0.2) is 49.5 Å².